The highest BCUT2D eigenvalue weighted by Gasteiger charge is 1.87. The quantitative estimate of drug-likeness (QED) is 0.462. The monoisotopic (exact) mass is 88.1 g/mol. The van der Waals surface area contributed by atoms with Crippen molar-refractivity contribution >= 4 is 0 Å². The van der Waals surface area contributed by atoms with Crippen LogP contribution in [-0.2, 0) is 0 Å². The van der Waals surface area contributed by atoms with Gasteiger partial charge in [0.1, 0.15) is 6.23 Å². The smallest absolute Gasteiger partial charge is 0.102 e. The molecule has 0 aromatic heterocycles. The van der Waals surface area contributed by atoms with Gasteiger partial charge in [-0.3, -0.25) is 0 Å². The first-order valence-corrected chi connectivity index (χ1v) is 2.00. The molecule has 1 unspecified atom stereocenters. The molecule has 0 aliphatic carbocycles. The van der Waals surface area contributed by atoms with Gasteiger partial charge in [-0.2, -0.15) is 0 Å². The molecule has 0 aliphatic heterocycles. The van der Waals surface area contributed by atoms with Crippen LogP contribution in [0.1, 0.15) is 12.8 Å². The zero-order valence-corrected chi connectivity index (χ0v) is 3.72. The van der Waals surface area contributed by atoms with E-state index in [4.69, 9.17) is 10.8 Å². The van der Waals surface area contributed by atoms with Crippen LogP contribution >= 0.6 is 0 Å². The molecule has 0 bridgehead atoms. The van der Waals surface area contributed by atoms with Gasteiger partial charge >= 0.3 is 0 Å². The van der Waals surface area contributed by atoms with Gasteiger partial charge in [-0.25, -0.2) is 0 Å². The van der Waals surface area contributed by atoms with Crippen molar-refractivity contribution in [1.82, 2.24) is 0 Å². The third kappa shape index (κ3) is 3.92. The molecular formula is C4H10NO. The fourth-order valence-electron chi connectivity index (χ4n) is 0.209. The van der Waals surface area contributed by atoms with Crippen LogP contribution in [0.15, 0.2) is 0 Å². The summed E-state index contributed by atoms with van der Waals surface area (Å²) in [5, 5.41) is 8.29. The van der Waals surface area contributed by atoms with E-state index < -0.39 is 6.23 Å². The summed E-state index contributed by atoms with van der Waals surface area (Å²) in [6.45, 7) is 3.49. The van der Waals surface area contributed by atoms with Gasteiger partial charge in [0.15, 0.2) is 0 Å². The first-order valence-electron chi connectivity index (χ1n) is 2.00. The second-order valence-corrected chi connectivity index (χ2v) is 1.21. The average molecular weight is 88.1 g/mol. The lowest BCUT2D eigenvalue weighted by Crippen LogP contribution is -2.17. The zero-order valence-electron chi connectivity index (χ0n) is 3.72. The number of nitrogens with two attached hydrogens (primary N) is 1. The summed E-state index contributed by atoms with van der Waals surface area (Å²) in [4.78, 5) is 0. The van der Waals surface area contributed by atoms with Gasteiger partial charge in [-0.05, 0) is 12.8 Å². The van der Waals surface area contributed by atoms with Crippen molar-refractivity contribution in [2.45, 2.75) is 19.1 Å². The number of hydrogen-bond acceptors (Lipinski definition) is 2. The van der Waals surface area contributed by atoms with Crippen molar-refractivity contribution in [1.29, 1.82) is 0 Å². The molecule has 0 aliphatic rings. The van der Waals surface area contributed by atoms with Gasteiger partial charge in [0.2, 0.25) is 0 Å². The third-order valence-corrected chi connectivity index (χ3v) is 0.500. The topological polar surface area (TPSA) is 46.2 Å². The van der Waals surface area contributed by atoms with Crippen LogP contribution < -0.4 is 5.73 Å². The van der Waals surface area contributed by atoms with E-state index in [1.54, 1.807) is 0 Å². The maximum Gasteiger partial charge on any atom is 0.102 e. The second kappa shape index (κ2) is 3.12. The summed E-state index contributed by atoms with van der Waals surface area (Å²) in [7, 11) is 0. The molecule has 0 aromatic carbocycles. The number of aliphatic hydroxyl groups excluding tert-OH is 1. The maximum atomic E-state index is 8.29. The van der Waals surface area contributed by atoms with Gasteiger partial charge in [0.05, 0.1) is 0 Å². The summed E-state index contributed by atoms with van der Waals surface area (Å²) in [5.41, 5.74) is 4.92. The molecule has 0 fully saturated rings. The van der Waals surface area contributed by atoms with Gasteiger partial charge in [0.25, 0.3) is 0 Å². The molecule has 0 amide bonds. The minimum atomic E-state index is -0.664. The fourth-order valence-corrected chi connectivity index (χ4v) is 0.209. The van der Waals surface area contributed by atoms with Crippen LogP contribution in [0.4, 0.5) is 0 Å². The van der Waals surface area contributed by atoms with Crippen molar-refractivity contribution in [3.63, 3.8) is 0 Å². The number of rotatable bonds is 2. The first-order chi connectivity index (χ1) is 2.77. The highest BCUT2D eigenvalue weighted by atomic mass is 16.3. The van der Waals surface area contributed by atoms with Crippen molar-refractivity contribution in [3.8, 4) is 0 Å². The molecule has 0 spiro atoms. The SMILES string of the molecule is [CH2]CCC(N)O. The molecule has 2 heteroatoms. The Balaban J connectivity index is 2.63. The summed E-state index contributed by atoms with van der Waals surface area (Å²) in [5.74, 6) is 0. The maximum absolute atomic E-state index is 8.29. The van der Waals surface area contributed by atoms with Crippen LogP contribution in [0.5, 0.6) is 0 Å². The lowest BCUT2D eigenvalue weighted by molar-refractivity contribution is 0.173. The molecule has 0 heterocycles. The molecule has 6 heavy (non-hydrogen) atoms. The van der Waals surface area contributed by atoms with E-state index in [1.807, 2.05) is 0 Å². The Labute approximate surface area is 38.0 Å². The molecule has 0 saturated heterocycles. The normalized spacial score (nSPS) is 14.5. The molecule has 3 N–H and O–H groups in total. The summed E-state index contributed by atoms with van der Waals surface area (Å²) >= 11 is 0. The van der Waals surface area contributed by atoms with E-state index in [-0.39, 0.29) is 0 Å². The Hall–Kier alpha value is -0.0800. The Bertz CT molecular complexity index is 28.7. The van der Waals surface area contributed by atoms with Crippen molar-refractivity contribution in [3.05, 3.63) is 6.92 Å². The van der Waals surface area contributed by atoms with E-state index in [9.17, 15) is 0 Å². The van der Waals surface area contributed by atoms with Crippen molar-refractivity contribution in [2.24, 2.45) is 5.73 Å². The van der Waals surface area contributed by atoms with Gasteiger partial charge in [0, 0.05) is 0 Å². The van der Waals surface area contributed by atoms with Crippen LogP contribution in [0.3, 0.4) is 0 Å². The van der Waals surface area contributed by atoms with Gasteiger partial charge in [-0.1, -0.05) is 6.92 Å². The Morgan fingerprint density at radius 2 is 2.33 bits per heavy atom. The van der Waals surface area contributed by atoms with Crippen LogP contribution in [-0.4, -0.2) is 11.3 Å². The average Bonchev–Trinajstić information content (AvgIpc) is 1.35. The molecule has 1 atom stereocenters. The predicted molar refractivity (Wildman–Crippen MR) is 24.8 cm³/mol. The highest BCUT2D eigenvalue weighted by Crippen LogP contribution is 1.84. The van der Waals surface area contributed by atoms with E-state index in [1.165, 1.54) is 0 Å². The summed E-state index contributed by atoms with van der Waals surface area (Å²) < 4.78 is 0. The Morgan fingerprint density at radius 3 is 2.33 bits per heavy atom. The Kier molecular flexibility index (Phi) is 3.08. The molecular weight excluding hydrogens is 78.0 g/mol. The van der Waals surface area contributed by atoms with Gasteiger partial charge in [-0.15, -0.1) is 0 Å². The molecule has 0 saturated carbocycles. The van der Waals surface area contributed by atoms with Crippen LogP contribution in [0.25, 0.3) is 0 Å². The standard InChI is InChI=1S/C4H10NO/c1-2-3-4(5)6/h4,6H,1-3,5H2. The van der Waals surface area contributed by atoms with Gasteiger partial charge < -0.3 is 10.8 Å². The summed E-state index contributed by atoms with van der Waals surface area (Å²) in [6, 6.07) is 0. The highest BCUT2D eigenvalue weighted by molar-refractivity contribution is 4.44. The van der Waals surface area contributed by atoms with E-state index in [0.29, 0.717) is 12.8 Å². The molecule has 0 rings (SSSR count). The van der Waals surface area contributed by atoms with Crippen molar-refractivity contribution < 1.29 is 5.11 Å². The molecule has 1 radical (unpaired) electrons. The van der Waals surface area contributed by atoms with E-state index in [2.05, 4.69) is 6.92 Å². The minimum Gasteiger partial charge on any atom is -0.379 e. The van der Waals surface area contributed by atoms with Crippen molar-refractivity contribution in [2.75, 3.05) is 0 Å². The lowest BCUT2D eigenvalue weighted by Gasteiger charge is -1.96. The van der Waals surface area contributed by atoms with E-state index in [0.717, 1.165) is 0 Å². The first kappa shape index (κ1) is 5.92. The third-order valence-electron chi connectivity index (χ3n) is 0.500. The van der Waals surface area contributed by atoms with E-state index >= 15 is 0 Å². The number of aliphatic hydroxyl groups is 1. The Morgan fingerprint density at radius 1 is 1.83 bits per heavy atom. The van der Waals surface area contributed by atoms with Crippen LogP contribution in [0.2, 0.25) is 0 Å². The molecule has 2 nitrogen and oxygen atoms in total. The fraction of sp³-hybridized carbons (Fsp3) is 0.750. The predicted octanol–water partition coefficient (Wildman–Crippen LogP) is -0.122. The lowest BCUT2D eigenvalue weighted by atomic mass is 10.3. The summed E-state index contributed by atoms with van der Waals surface area (Å²) in [6.07, 6.45) is 0.639. The zero-order chi connectivity index (χ0) is 4.99. The van der Waals surface area contributed by atoms with Crippen LogP contribution in [0, 0.1) is 6.92 Å². The molecule has 0 aromatic rings. The minimum absolute atomic E-state index is 0.597. The number of hydrogen-bond donors (Lipinski definition) is 2. The second-order valence-electron chi connectivity index (χ2n) is 1.21. The largest absolute Gasteiger partial charge is 0.379 e. The molecule has 37 valence electrons.